The lowest BCUT2D eigenvalue weighted by Gasteiger charge is -2.36. The van der Waals surface area contributed by atoms with Gasteiger partial charge in [-0.15, -0.1) is 0 Å². The molecular formula is C19H22N6OS. The molecule has 2 aromatic heterocycles. The second-order valence-electron chi connectivity index (χ2n) is 6.81. The van der Waals surface area contributed by atoms with Gasteiger partial charge >= 0.3 is 0 Å². The first kappa shape index (κ1) is 17.7. The van der Waals surface area contributed by atoms with Crippen molar-refractivity contribution in [1.82, 2.24) is 24.5 Å². The molecule has 1 aliphatic rings. The van der Waals surface area contributed by atoms with Gasteiger partial charge in [0.2, 0.25) is 10.7 Å². The standard InChI is InChI=1S/C19H22N6OS/c1-13-16(14(2)25-18(20-13)21-19(27)22-25)12-17(26)24-10-8-23(9-11-24)15-6-4-3-5-7-15/h3-7H,8-12H2,1-2H3,(H,22,27). The van der Waals surface area contributed by atoms with Crippen molar-refractivity contribution in [2.45, 2.75) is 20.3 Å². The summed E-state index contributed by atoms with van der Waals surface area (Å²) in [5, 5.41) is 3.00. The molecule has 0 saturated carbocycles. The molecule has 0 aliphatic carbocycles. The summed E-state index contributed by atoms with van der Waals surface area (Å²) in [6.45, 7) is 7.04. The third-order valence-electron chi connectivity index (χ3n) is 5.17. The molecule has 0 radical (unpaired) electrons. The van der Waals surface area contributed by atoms with Gasteiger partial charge in [-0.1, -0.05) is 18.2 Å². The van der Waals surface area contributed by atoms with Crippen LogP contribution in [0.2, 0.25) is 0 Å². The van der Waals surface area contributed by atoms with Crippen molar-refractivity contribution < 1.29 is 4.79 Å². The summed E-state index contributed by atoms with van der Waals surface area (Å²) in [6.07, 6.45) is 0.338. The van der Waals surface area contributed by atoms with Crippen LogP contribution in [0.25, 0.3) is 5.78 Å². The summed E-state index contributed by atoms with van der Waals surface area (Å²) < 4.78 is 2.15. The number of piperazine rings is 1. The van der Waals surface area contributed by atoms with Crippen molar-refractivity contribution in [3.63, 3.8) is 0 Å². The highest BCUT2D eigenvalue weighted by Gasteiger charge is 2.23. The summed E-state index contributed by atoms with van der Waals surface area (Å²) in [5.74, 6) is 0.677. The number of hydrogen-bond donors (Lipinski definition) is 1. The first-order chi connectivity index (χ1) is 13.0. The van der Waals surface area contributed by atoms with Gasteiger partial charge in [0.25, 0.3) is 5.78 Å². The molecule has 1 aromatic carbocycles. The van der Waals surface area contributed by atoms with Gasteiger partial charge in [0.1, 0.15) is 0 Å². The number of carbonyl (C=O) groups excluding carboxylic acids is 1. The zero-order valence-electron chi connectivity index (χ0n) is 15.5. The van der Waals surface area contributed by atoms with E-state index in [9.17, 15) is 4.79 Å². The Morgan fingerprint density at radius 3 is 2.52 bits per heavy atom. The number of fused-ring (bicyclic) bond motifs is 1. The lowest BCUT2D eigenvalue weighted by Crippen LogP contribution is -2.49. The van der Waals surface area contributed by atoms with Crippen LogP contribution in [0, 0.1) is 18.6 Å². The Bertz CT molecular complexity index is 1030. The number of nitrogens with zero attached hydrogens (tertiary/aromatic N) is 5. The molecular weight excluding hydrogens is 360 g/mol. The minimum Gasteiger partial charge on any atom is -0.368 e. The Labute approximate surface area is 162 Å². The predicted molar refractivity (Wildman–Crippen MR) is 107 cm³/mol. The van der Waals surface area contributed by atoms with Crippen LogP contribution in [-0.4, -0.2) is 56.6 Å². The quantitative estimate of drug-likeness (QED) is 0.704. The predicted octanol–water partition coefficient (Wildman–Crippen LogP) is 2.30. The lowest BCUT2D eigenvalue weighted by molar-refractivity contribution is -0.130. The molecule has 8 heteroatoms. The van der Waals surface area contributed by atoms with Crippen LogP contribution >= 0.6 is 12.2 Å². The molecule has 140 valence electrons. The maximum atomic E-state index is 12.9. The molecule has 1 fully saturated rings. The molecule has 3 aromatic rings. The second kappa shape index (κ2) is 7.11. The zero-order valence-corrected chi connectivity index (χ0v) is 16.3. The summed E-state index contributed by atoms with van der Waals surface area (Å²) in [7, 11) is 0. The van der Waals surface area contributed by atoms with Crippen LogP contribution in [0.4, 0.5) is 5.69 Å². The van der Waals surface area contributed by atoms with Gasteiger partial charge in [0.05, 0.1) is 6.42 Å². The maximum absolute atomic E-state index is 12.9. The van der Waals surface area contributed by atoms with Crippen LogP contribution in [0.1, 0.15) is 17.0 Å². The monoisotopic (exact) mass is 382 g/mol. The number of para-hydroxylation sites is 1. The number of anilines is 1. The van der Waals surface area contributed by atoms with Crippen LogP contribution < -0.4 is 4.90 Å². The van der Waals surface area contributed by atoms with Crippen LogP contribution in [-0.2, 0) is 11.2 Å². The normalized spacial score (nSPS) is 14.7. The number of carbonyl (C=O) groups is 1. The van der Waals surface area contributed by atoms with Gasteiger partial charge < -0.3 is 9.80 Å². The first-order valence-electron chi connectivity index (χ1n) is 9.05. The van der Waals surface area contributed by atoms with Crippen LogP contribution in [0.15, 0.2) is 30.3 Å². The van der Waals surface area contributed by atoms with Gasteiger partial charge in [0, 0.05) is 48.8 Å². The fourth-order valence-electron chi connectivity index (χ4n) is 3.61. The van der Waals surface area contributed by atoms with E-state index < -0.39 is 0 Å². The van der Waals surface area contributed by atoms with Crippen LogP contribution in [0.5, 0.6) is 0 Å². The van der Waals surface area contributed by atoms with Crippen molar-refractivity contribution in [3.05, 3.63) is 52.1 Å². The molecule has 4 rings (SSSR count). The summed E-state index contributed by atoms with van der Waals surface area (Å²) in [5.41, 5.74) is 3.89. The van der Waals surface area contributed by atoms with Gasteiger partial charge in [-0.05, 0) is 38.2 Å². The fraction of sp³-hybridized carbons (Fsp3) is 0.368. The second-order valence-corrected chi connectivity index (χ2v) is 7.19. The molecule has 3 heterocycles. The van der Waals surface area contributed by atoms with E-state index in [-0.39, 0.29) is 5.91 Å². The molecule has 1 N–H and O–H groups in total. The smallest absolute Gasteiger partial charge is 0.252 e. The van der Waals surface area contributed by atoms with Gasteiger partial charge in [-0.2, -0.15) is 4.98 Å². The number of hydrogen-bond acceptors (Lipinski definition) is 5. The van der Waals surface area contributed by atoms with E-state index in [1.54, 1.807) is 4.52 Å². The fourth-order valence-corrected chi connectivity index (χ4v) is 3.78. The molecule has 1 aliphatic heterocycles. The Morgan fingerprint density at radius 1 is 1.11 bits per heavy atom. The maximum Gasteiger partial charge on any atom is 0.252 e. The average molecular weight is 382 g/mol. The van der Waals surface area contributed by atoms with E-state index in [1.165, 1.54) is 5.69 Å². The number of amides is 1. The minimum atomic E-state index is 0.133. The third-order valence-corrected chi connectivity index (χ3v) is 5.35. The minimum absolute atomic E-state index is 0.133. The summed E-state index contributed by atoms with van der Waals surface area (Å²) >= 11 is 5.09. The highest BCUT2D eigenvalue weighted by atomic mass is 32.1. The van der Waals surface area contributed by atoms with Crippen LogP contribution in [0.3, 0.4) is 0 Å². The Balaban J connectivity index is 1.47. The van der Waals surface area contributed by atoms with E-state index in [2.05, 4.69) is 32.1 Å². The van der Waals surface area contributed by atoms with Crippen molar-refractivity contribution in [1.29, 1.82) is 0 Å². The molecule has 1 saturated heterocycles. The number of aromatic nitrogens is 4. The summed E-state index contributed by atoms with van der Waals surface area (Å²) in [4.78, 5) is 25.8. The Hall–Kier alpha value is -2.74. The number of benzene rings is 1. The number of aryl methyl sites for hydroxylation is 2. The van der Waals surface area contributed by atoms with E-state index in [4.69, 9.17) is 12.2 Å². The van der Waals surface area contributed by atoms with E-state index in [0.29, 0.717) is 17.0 Å². The van der Waals surface area contributed by atoms with E-state index in [0.717, 1.165) is 43.1 Å². The molecule has 0 unspecified atom stereocenters. The molecule has 0 bridgehead atoms. The van der Waals surface area contributed by atoms with Crippen molar-refractivity contribution in [2.75, 3.05) is 31.1 Å². The first-order valence-corrected chi connectivity index (χ1v) is 9.46. The number of nitrogens with one attached hydrogen (secondary N) is 1. The van der Waals surface area contributed by atoms with E-state index >= 15 is 0 Å². The number of H-pyrrole nitrogens is 1. The Morgan fingerprint density at radius 2 is 1.81 bits per heavy atom. The average Bonchev–Trinajstić information content (AvgIpc) is 3.06. The van der Waals surface area contributed by atoms with E-state index in [1.807, 2.05) is 36.9 Å². The van der Waals surface area contributed by atoms with Crippen molar-refractivity contribution in [2.24, 2.45) is 0 Å². The number of aromatic amines is 1. The highest BCUT2D eigenvalue weighted by Crippen LogP contribution is 2.18. The lowest BCUT2D eigenvalue weighted by atomic mass is 10.1. The number of rotatable bonds is 3. The highest BCUT2D eigenvalue weighted by molar-refractivity contribution is 7.71. The zero-order chi connectivity index (χ0) is 19.0. The van der Waals surface area contributed by atoms with Crippen molar-refractivity contribution >= 4 is 29.6 Å². The molecule has 1 amide bonds. The van der Waals surface area contributed by atoms with Gasteiger partial charge in [0.15, 0.2) is 0 Å². The molecule has 0 spiro atoms. The molecule has 0 atom stereocenters. The molecule has 7 nitrogen and oxygen atoms in total. The topological polar surface area (TPSA) is 69.5 Å². The summed E-state index contributed by atoms with van der Waals surface area (Å²) in [6, 6.07) is 10.3. The third kappa shape index (κ3) is 3.44. The van der Waals surface area contributed by atoms with Gasteiger partial charge in [-0.25, -0.2) is 9.50 Å². The largest absolute Gasteiger partial charge is 0.368 e. The SMILES string of the molecule is Cc1nc2nc(=S)[nH]n2c(C)c1CC(=O)N1CCN(c2ccccc2)CC1. The Kier molecular flexibility index (Phi) is 4.65. The van der Waals surface area contributed by atoms with Gasteiger partial charge in [-0.3, -0.25) is 9.89 Å². The van der Waals surface area contributed by atoms with Crippen molar-refractivity contribution in [3.8, 4) is 0 Å². The molecule has 27 heavy (non-hydrogen) atoms.